The lowest BCUT2D eigenvalue weighted by Gasteiger charge is -2.29. The zero-order valence-corrected chi connectivity index (χ0v) is 19.0. The summed E-state index contributed by atoms with van der Waals surface area (Å²) in [6.45, 7) is 0.850. The standard InChI is InChI=1S/C25H27N5O4/c1-29(18-21-27-11-12-28-21)22(31)15-25(19-7-3-2-4-8-19)16-23(32)30(24(25)33)13-6-14-34-20-9-5-10-26-17-20/h2-5,7-12,17H,6,13-16,18H2,1H3,(H,27,28)/t25-/m1/s1. The second-order valence-corrected chi connectivity index (χ2v) is 8.33. The molecule has 3 aromatic rings. The molecule has 1 N–H and O–H groups in total. The quantitative estimate of drug-likeness (QED) is 0.367. The highest BCUT2D eigenvalue weighted by molar-refractivity contribution is 6.10. The number of nitrogens with zero attached hydrogens (tertiary/aromatic N) is 4. The number of imide groups is 1. The average Bonchev–Trinajstić information content (AvgIpc) is 3.45. The molecular formula is C25H27N5O4. The van der Waals surface area contributed by atoms with Crippen molar-refractivity contribution in [1.29, 1.82) is 0 Å². The summed E-state index contributed by atoms with van der Waals surface area (Å²) in [5, 5.41) is 0. The van der Waals surface area contributed by atoms with Crippen LogP contribution in [0.15, 0.2) is 67.3 Å². The molecule has 0 bridgehead atoms. The van der Waals surface area contributed by atoms with Gasteiger partial charge in [-0.1, -0.05) is 30.3 Å². The van der Waals surface area contributed by atoms with Gasteiger partial charge in [-0.3, -0.25) is 24.3 Å². The van der Waals surface area contributed by atoms with Gasteiger partial charge in [0.05, 0.1) is 24.8 Å². The van der Waals surface area contributed by atoms with Gasteiger partial charge in [-0.25, -0.2) is 4.98 Å². The number of carbonyl (C=O) groups excluding carboxylic acids is 3. The molecule has 0 unspecified atom stereocenters. The first-order valence-corrected chi connectivity index (χ1v) is 11.1. The maximum atomic E-state index is 13.6. The Hall–Kier alpha value is -4.01. The van der Waals surface area contributed by atoms with Crippen molar-refractivity contribution in [3.8, 4) is 5.75 Å². The van der Waals surface area contributed by atoms with Crippen LogP contribution in [-0.2, 0) is 26.3 Å². The first kappa shape index (κ1) is 23.2. The van der Waals surface area contributed by atoms with Crippen LogP contribution in [0, 0.1) is 0 Å². The lowest BCUT2D eigenvalue weighted by atomic mass is 9.75. The Kier molecular flexibility index (Phi) is 7.01. The molecule has 1 aliphatic rings. The third-order valence-corrected chi connectivity index (χ3v) is 5.98. The highest BCUT2D eigenvalue weighted by atomic mass is 16.5. The molecule has 3 heterocycles. The van der Waals surface area contributed by atoms with Crippen molar-refractivity contribution in [3.63, 3.8) is 0 Å². The number of H-pyrrole nitrogens is 1. The highest BCUT2D eigenvalue weighted by Gasteiger charge is 2.53. The summed E-state index contributed by atoms with van der Waals surface area (Å²) in [5.41, 5.74) is -0.556. The summed E-state index contributed by atoms with van der Waals surface area (Å²) in [7, 11) is 1.67. The summed E-state index contributed by atoms with van der Waals surface area (Å²) in [6, 6.07) is 12.7. The van der Waals surface area contributed by atoms with Gasteiger partial charge >= 0.3 is 0 Å². The van der Waals surface area contributed by atoms with Crippen LogP contribution >= 0.6 is 0 Å². The van der Waals surface area contributed by atoms with Crippen LogP contribution < -0.4 is 4.74 Å². The number of pyridine rings is 1. The lowest BCUT2D eigenvalue weighted by molar-refractivity contribution is -0.142. The van der Waals surface area contributed by atoms with Gasteiger partial charge in [-0.15, -0.1) is 0 Å². The Labute approximate surface area is 197 Å². The Balaban J connectivity index is 1.47. The molecule has 1 fully saturated rings. The number of aromatic amines is 1. The molecular weight excluding hydrogens is 434 g/mol. The Morgan fingerprint density at radius 1 is 1.18 bits per heavy atom. The Morgan fingerprint density at radius 3 is 2.71 bits per heavy atom. The van der Waals surface area contributed by atoms with Crippen LogP contribution in [-0.4, -0.2) is 62.7 Å². The van der Waals surface area contributed by atoms with E-state index < -0.39 is 5.41 Å². The minimum Gasteiger partial charge on any atom is -0.492 e. The molecule has 4 rings (SSSR count). The van der Waals surface area contributed by atoms with Crippen LogP contribution in [0.2, 0.25) is 0 Å². The fourth-order valence-corrected chi connectivity index (χ4v) is 4.19. The number of amides is 3. The van der Waals surface area contributed by atoms with E-state index in [1.165, 1.54) is 9.80 Å². The first-order chi connectivity index (χ1) is 16.5. The van der Waals surface area contributed by atoms with Crippen LogP contribution in [0.1, 0.15) is 30.7 Å². The SMILES string of the molecule is CN(Cc1ncc[nH]1)C(=O)C[C@]1(c2ccccc2)CC(=O)N(CCCOc2cccnc2)C1=O. The van der Waals surface area contributed by atoms with E-state index >= 15 is 0 Å². The molecule has 9 heteroatoms. The van der Waals surface area contributed by atoms with E-state index in [4.69, 9.17) is 4.74 Å². The van der Waals surface area contributed by atoms with Crippen LogP contribution in [0.5, 0.6) is 5.75 Å². The van der Waals surface area contributed by atoms with E-state index in [0.717, 1.165) is 0 Å². The van der Waals surface area contributed by atoms with Crippen molar-refractivity contribution >= 4 is 17.7 Å². The van der Waals surface area contributed by atoms with Crippen molar-refractivity contribution < 1.29 is 19.1 Å². The van der Waals surface area contributed by atoms with Gasteiger partial charge in [0.25, 0.3) is 0 Å². The number of imidazole rings is 1. The molecule has 1 aromatic carbocycles. The molecule has 3 amide bonds. The number of benzene rings is 1. The summed E-state index contributed by atoms with van der Waals surface area (Å²) >= 11 is 0. The molecule has 1 saturated heterocycles. The number of hydrogen-bond donors (Lipinski definition) is 1. The van der Waals surface area contributed by atoms with E-state index in [0.29, 0.717) is 30.2 Å². The minimum atomic E-state index is -1.23. The first-order valence-electron chi connectivity index (χ1n) is 11.1. The maximum absolute atomic E-state index is 13.6. The largest absolute Gasteiger partial charge is 0.492 e. The topological polar surface area (TPSA) is 108 Å². The summed E-state index contributed by atoms with van der Waals surface area (Å²) < 4.78 is 5.64. The van der Waals surface area contributed by atoms with E-state index in [2.05, 4.69) is 15.0 Å². The molecule has 0 saturated carbocycles. The van der Waals surface area contributed by atoms with Gasteiger partial charge in [0.1, 0.15) is 11.6 Å². The zero-order chi connectivity index (χ0) is 24.0. The second kappa shape index (κ2) is 10.3. The molecule has 2 aromatic heterocycles. The second-order valence-electron chi connectivity index (χ2n) is 8.33. The normalized spacial score (nSPS) is 17.7. The minimum absolute atomic E-state index is 0.0420. The van der Waals surface area contributed by atoms with Crippen LogP contribution in [0.3, 0.4) is 0 Å². The van der Waals surface area contributed by atoms with Gasteiger partial charge in [0.2, 0.25) is 17.7 Å². The number of nitrogens with one attached hydrogen (secondary N) is 1. The molecule has 0 spiro atoms. The van der Waals surface area contributed by atoms with E-state index in [1.807, 2.05) is 18.2 Å². The van der Waals surface area contributed by atoms with Gasteiger partial charge in [0, 0.05) is 45.0 Å². The number of ether oxygens (including phenoxy) is 1. The predicted octanol–water partition coefficient (Wildman–Crippen LogP) is 2.32. The van der Waals surface area contributed by atoms with Crippen molar-refractivity contribution in [2.45, 2.75) is 31.2 Å². The van der Waals surface area contributed by atoms with Crippen molar-refractivity contribution in [1.82, 2.24) is 24.8 Å². The fraction of sp³-hybridized carbons (Fsp3) is 0.320. The van der Waals surface area contributed by atoms with Crippen LogP contribution in [0.4, 0.5) is 0 Å². The number of carbonyl (C=O) groups is 3. The van der Waals surface area contributed by atoms with Gasteiger partial charge in [-0.05, 0) is 24.1 Å². The number of hydrogen-bond acceptors (Lipinski definition) is 6. The van der Waals surface area contributed by atoms with Gasteiger partial charge in [0.15, 0.2) is 0 Å². The Morgan fingerprint density at radius 2 is 2.00 bits per heavy atom. The summed E-state index contributed by atoms with van der Waals surface area (Å²) in [5.74, 6) is 0.420. The van der Waals surface area contributed by atoms with Crippen LogP contribution in [0.25, 0.3) is 0 Å². The molecule has 1 atom stereocenters. The third-order valence-electron chi connectivity index (χ3n) is 5.98. The summed E-state index contributed by atoms with van der Waals surface area (Å²) in [4.78, 5) is 53.7. The zero-order valence-electron chi connectivity index (χ0n) is 19.0. The molecule has 0 aliphatic carbocycles. The maximum Gasteiger partial charge on any atom is 0.240 e. The fourth-order valence-electron chi connectivity index (χ4n) is 4.19. The van der Waals surface area contributed by atoms with Gasteiger partial charge < -0.3 is 14.6 Å². The van der Waals surface area contributed by atoms with Gasteiger partial charge in [-0.2, -0.15) is 0 Å². The molecule has 176 valence electrons. The highest BCUT2D eigenvalue weighted by Crippen LogP contribution is 2.40. The predicted molar refractivity (Wildman–Crippen MR) is 123 cm³/mol. The number of rotatable bonds is 10. The average molecular weight is 462 g/mol. The third kappa shape index (κ3) is 4.98. The smallest absolute Gasteiger partial charge is 0.240 e. The van der Waals surface area contributed by atoms with E-state index in [1.54, 1.807) is 56.1 Å². The summed E-state index contributed by atoms with van der Waals surface area (Å²) in [6.07, 6.45) is 6.91. The number of aromatic nitrogens is 3. The molecule has 1 aliphatic heterocycles. The van der Waals surface area contributed by atoms with Crippen molar-refractivity contribution in [3.05, 3.63) is 78.6 Å². The Bertz CT molecular complexity index is 1120. The van der Waals surface area contributed by atoms with Crippen molar-refractivity contribution in [2.75, 3.05) is 20.2 Å². The van der Waals surface area contributed by atoms with Crippen molar-refractivity contribution in [2.24, 2.45) is 0 Å². The lowest BCUT2D eigenvalue weighted by Crippen LogP contribution is -2.43. The molecule has 34 heavy (non-hydrogen) atoms. The molecule has 9 nitrogen and oxygen atoms in total. The van der Waals surface area contributed by atoms with E-state index in [9.17, 15) is 14.4 Å². The monoisotopic (exact) mass is 461 g/mol. The molecule has 0 radical (unpaired) electrons. The van der Waals surface area contributed by atoms with E-state index in [-0.39, 0.29) is 43.7 Å². The number of likely N-dealkylation sites (tertiary alicyclic amines) is 1.